The van der Waals surface area contributed by atoms with Gasteiger partial charge in [0.1, 0.15) is 9.76 Å². The summed E-state index contributed by atoms with van der Waals surface area (Å²) in [5, 5.41) is 4.47. The summed E-state index contributed by atoms with van der Waals surface area (Å²) in [5.41, 5.74) is 0. The fraction of sp³-hybridized carbons (Fsp3) is 0.111. The first kappa shape index (κ1) is 24.7. The maximum Gasteiger partial charge on any atom is 0.388 e. The lowest BCUT2D eigenvalue weighted by Gasteiger charge is -2.42. The number of hydrogen-bond donors (Lipinski definition) is 0. The summed E-state index contributed by atoms with van der Waals surface area (Å²) in [6.07, 6.45) is 0. The maximum absolute atomic E-state index is 7.62. The van der Waals surface area contributed by atoms with Crippen LogP contribution in [0.2, 0.25) is 19.6 Å². The van der Waals surface area contributed by atoms with Crippen LogP contribution in [0.1, 0.15) is 0 Å². The van der Waals surface area contributed by atoms with Gasteiger partial charge in [0.2, 0.25) is 0 Å². The van der Waals surface area contributed by atoms with E-state index < -0.39 is 35.9 Å². The maximum atomic E-state index is 7.62. The van der Waals surface area contributed by atoms with Gasteiger partial charge in [-0.15, -0.1) is 0 Å². The molecule has 0 aliphatic heterocycles. The van der Waals surface area contributed by atoms with Crippen LogP contribution in [0, 0.1) is 0 Å². The Morgan fingerprint density at radius 1 is 0.529 bits per heavy atom. The molecule has 0 aliphatic carbocycles. The van der Waals surface area contributed by atoms with Gasteiger partial charge in [-0.05, 0) is 33.8 Å². The number of rotatable bonds is 10. The first-order chi connectivity index (χ1) is 16.6. The summed E-state index contributed by atoms with van der Waals surface area (Å²) in [4.78, 5) is 0. The van der Waals surface area contributed by atoms with Crippen molar-refractivity contribution in [1.82, 2.24) is 0 Å². The van der Waals surface area contributed by atoms with Crippen LogP contribution >= 0.6 is 0 Å². The summed E-state index contributed by atoms with van der Waals surface area (Å²) in [7, 11) is -8.56. The van der Waals surface area contributed by atoms with Gasteiger partial charge < -0.3 is 12.3 Å². The lowest BCUT2D eigenvalue weighted by atomic mass is 10.4. The minimum Gasteiger partial charge on any atom is -0.436 e. The molecule has 0 saturated heterocycles. The molecule has 0 spiro atoms. The van der Waals surface area contributed by atoms with E-state index in [1.54, 1.807) is 0 Å². The molecule has 3 nitrogen and oxygen atoms in total. The Balaban J connectivity index is 2.03. The molecule has 34 heavy (non-hydrogen) atoms. The fourth-order valence-corrected chi connectivity index (χ4v) is 19.1. The van der Waals surface area contributed by atoms with Gasteiger partial charge in [-0.2, -0.15) is 0 Å². The van der Waals surface area contributed by atoms with Crippen LogP contribution in [0.3, 0.4) is 0 Å². The van der Waals surface area contributed by atoms with Gasteiger partial charge in [0.15, 0.2) is 9.04 Å². The van der Waals surface area contributed by atoms with Crippen molar-refractivity contribution in [2.45, 2.75) is 19.6 Å². The molecular weight excluding hydrogens is 485 g/mol. The minimum absolute atomic E-state index is 0.819. The molecule has 0 saturated carbocycles. The molecule has 0 amide bonds. The lowest BCUT2D eigenvalue weighted by molar-refractivity contribution is 0.369. The molecule has 0 radical (unpaired) electrons. The van der Waals surface area contributed by atoms with E-state index in [0.717, 1.165) is 20.7 Å². The van der Waals surface area contributed by atoms with E-state index >= 15 is 0 Å². The van der Waals surface area contributed by atoms with Crippen LogP contribution in [-0.4, -0.2) is 35.9 Å². The molecule has 0 heterocycles. The summed E-state index contributed by atoms with van der Waals surface area (Å²) < 4.78 is 21.6. The molecule has 4 aromatic rings. The Bertz CT molecular complexity index is 1060. The third kappa shape index (κ3) is 5.16. The second-order valence-electron chi connectivity index (χ2n) is 8.40. The topological polar surface area (TPSA) is 27.7 Å². The van der Waals surface area contributed by atoms with E-state index in [1.165, 1.54) is 0 Å². The molecule has 0 aromatic heterocycles. The minimum atomic E-state index is -3.13. The molecule has 0 bridgehead atoms. The Morgan fingerprint density at radius 3 is 1.15 bits per heavy atom. The zero-order chi connectivity index (χ0) is 23.9. The van der Waals surface area contributed by atoms with Crippen molar-refractivity contribution in [3.8, 4) is 0 Å². The Hall–Kier alpha value is -2.37. The molecule has 0 atom stereocenters. The van der Waals surface area contributed by atoms with Crippen molar-refractivity contribution >= 4 is 56.7 Å². The highest BCUT2D eigenvalue weighted by atomic mass is 28.5. The second kappa shape index (κ2) is 11.4. The molecular formula is C27H32O3Si4. The molecule has 0 fully saturated rings. The summed E-state index contributed by atoms with van der Waals surface area (Å²) in [6, 6.07) is 42.1. The molecule has 4 aromatic carbocycles. The van der Waals surface area contributed by atoms with E-state index in [2.05, 4.69) is 129 Å². The van der Waals surface area contributed by atoms with Crippen LogP contribution in [0.5, 0.6) is 0 Å². The highest BCUT2D eigenvalue weighted by Gasteiger charge is 2.54. The monoisotopic (exact) mass is 516 g/mol. The van der Waals surface area contributed by atoms with Gasteiger partial charge in [0, 0.05) is 0 Å². The Morgan fingerprint density at radius 2 is 0.853 bits per heavy atom. The van der Waals surface area contributed by atoms with Crippen LogP contribution < -0.4 is 20.7 Å². The summed E-state index contributed by atoms with van der Waals surface area (Å²) >= 11 is 0. The molecule has 4 rings (SSSR count). The van der Waals surface area contributed by atoms with E-state index in [4.69, 9.17) is 12.3 Å². The third-order valence-corrected chi connectivity index (χ3v) is 18.3. The van der Waals surface area contributed by atoms with Gasteiger partial charge in [0.05, 0.1) is 0 Å². The summed E-state index contributed by atoms with van der Waals surface area (Å²) in [6.45, 7) is 6.63. The van der Waals surface area contributed by atoms with Crippen LogP contribution in [0.4, 0.5) is 0 Å². The molecule has 0 N–H and O–H groups in total. The van der Waals surface area contributed by atoms with Crippen LogP contribution in [-0.2, 0) is 12.3 Å². The van der Waals surface area contributed by atoms with Crippen LogP contribution in [0.15, 0.2) is 121 Å². The van der Waals surface area contributed by atoms with Gasteiger partial charge in [0.25, 0.3) is 0 Å². The number of hydrogen-bond acceptors (Lipinski definition) is 3. The van der Waals surface area contributed by atoms with E-state index in [0.29, 0.717) is 0 Å². The Kier molecular flexibility index (Phi) is 8.27. The van der Waals surface area contributed by atoms with E-state index in [9.17, 15) is 0 Å². The van der Waals surface area contributed by atoms with Crippen molar-refractivity contribution in [2.24, 2.45) is 0 Å². The first-order valence-corrected chi connectivity index (χ1v) is 20.3. The van der Waals surface area contributed by atoms with Gasteiger partial charge >= 0.3 is 17.1 Å². The average molecular weight is 517 g/mol. The smallest absolute Gasteiger partial charge is 0.388 e. The average Bonchev–Trinajstić information content (AvgIpc) is 2.89. The zero-order valence-corrected chi connectivity index (χ0v) is 24.6. The molecule has 7 heteroatoms. The normalized spacial score (nSPS) is 12.5. The highest BCUT2D eigenvalue weighted by Crippen LogP contribution is 2.20. The van der Waals surface area contributed by atoms with Crippen molar-refractivity contribution < 1.29 is 12.3 Å². The predicted molar refractivity (Wildman–Crippen MR) is 152 cm³/mol. The zero-order valence-electron chi connectivity index (χ0n) is 20.1. The first-order valence-electron chi connectivity index (χ1n) is 11.8. The fourth-order valence-electron chi connectivity index (χ4n) is 4.29. The highest BCUT2D eigenvalue weighted by molar-refractivity contribution is 7.06. The molecule has 0 aliphatic rings. The Labute approximate surface area is 209 Å². The van der Waals surface area contributed by atoms with E-state index in [1.807, 2.05) is 12.1 Å². The van der Waals surface area contributed by atoms with Crippen molar-refractivity contribution in [3.63, 3.8) is 0 Å². The lowest BCUT2D eigenvalue weighted by Crippen LogP contribution is -2.76. The van der Waals surface area contributed by atoms with Crippen molar-refractivity contribution in [2.75, 3.05) is 0 Å². The third-order valence-electron chi connectivity index (χ3n) is 5.65. The quantitative estimate of drug-likeness (QED) is 0.303. The summed E-state index contributed by atoms with van der Waals surface area (Å²) in [5.74, 6) is 0. The molecule has 0 unspecified atom stereocenters. The molecule has 174 valence electrons. The van der Waals surface area contributed by atoms with Gasteiger partial charge in [-0.1, -0.05) is 128 Å². The number of benzene rings is 4. The van der Waals surface area contributed by atoms with E-state index in [-0.39, 0.29) is 0 Å². The standard InChI is InChI=1S/C27H32O3Si4/c1-31-28-33(24-16-8-4-9-17-24,25-18-10-5-11-19-25)30-34(29-32(2)3,26-20-12-6-13-21-26)27-22-14-7-15-23-27/h4-23,32H,31H2,1-3H3. The van der Waals surface area contributed by atoms with Gasteiger partial charge in [-0.25, -0.2) is 0 Å². The SMILES string of the molecule is C[SiH2]O[Si](O[Si](O[SiH](C)C)(c1ccccc1)c1ccccc1)(c1ccccc1)c1ccccc1. The van der Waals surface area contributed by atoms with Crippen molar-refractivity contribution in [1.29, 1.82) is 0 Å². The second-order valence-corrected chi connectivity index (χ2v) is 18.8. The van der Waals surface area contributed by atoms with Crippen LogP contribution in [0.25, 0.3) is 0 Å². The largest absolute Gasteiger partial charge is 0.436 e. The van der Waals surface area contributed by atoms with Gasteiger partial charge in [-0.3, -0.25) is 0 Å². The predicted octanol–water partition coefficient (Wildman–Crippen LogP) is 2.66. The van der Waals surface area contributed by atoms with Crippen molar-refractivity contribution in [3.05, 3.63) is 121 Å².